The van der Waals surface area contributed by atoms with Crippen LogP contribution in [0.3, 0.4) is 0 Å². The predicted molar refractivity (Wildman–Crippen MR) is 83.7 cm³/mol. The van der Waals surface area contributed by atoms with E-state index in [0.29, 0.717) is 12.0 Å². The second-order valence-corrected chi connectivity index (χ2v) is 6.87. The number of aryl methyl sites for hydroxylation is 1. The van der Waals surface area contributed by atoms with E-state index in [2.05, 4.69) is 50.9 Å². The zero-order valence-electron chi connectivity index (χ0n) is 13.7. The van der Waals surface area contributed by atoms with Crippen molar-refractivity contribution >= 4 is 0 Å². The van der Waals surface area contributed by atoms with E-state index in [1.807, 2.05) is 0 Å². The molecular weight excluding hydrogens is 248 g/mol. The van der Waals surface area contributed by atoms with Crippen LogP contribution in [0.25, 0.3) is 0 Å². The highest BCUT2D eigenvalue weighted by molar-refractivity contribution is 5.21. The summed E-state index contributed by atoms with van der Waals surface area (Å²) in [5.74, 6) is 2.85. The molecule has 1 aromatic rings. The Labute approximate surface area is 123 Å². The molecule has 0 aliphatic heterocycles. The van der Waals surface area contributed by atoms with E-state index in [4.69, 9.17) is 4.42 Å². The number of hydrogen-bond donors (Lipinski definition) is 1. The second kappa shape index (κ2) is 6.77. The largest absolute Gasteiger partial charge is 0.465 e. The maximum absolute atomic E-state index is 5.89. The summed E-state index contributed by atoms with van der Waals surface area (Å²) in [5, 5.41) is 3.51. The van der Waals surface area contributed by atoms with Crippen LogP contribution in [0, 0.1) is 12.8 Å². The number of rotatable bonds is 8. The molecule has 1 aliphatic carbocycles. The average molecular weight is 278 g/mol. The molecule has 0 radical (unpaired) electrons. The molecule has 2 rings (SSSR count). The third-order valence-electron chi connectivity index (χ3n) is 3.92. The van der Waals surface area contributed by atoms with Gasteiger partial charge in [0, 0.05) is 30.7 Å². The van der Waals surface area contributed by atoms with Gasteiger partial charge in [0.05, 0.1) is 6.54 Å². The van der Waals surface area contributed by atoms with Crippen molar-refractivity contribution in [1.82, 2.24) is 10.2 Å². The molecule has 0 aromatic carbocycles. The van der Waals surface area contributed by atoms with Gasteiger partial charge in [0.2, 0.25) is 0 Å². The van der Waals surface area contributed by atoms with E-state index in [1.54, 1.807) is 0 Å². The normalized spacial score (nSPS) is 15.8. The predicted octanol–water partition coefficient (Wildman–Crippen LogP) is 3.71. The van der Waals surface area contributed by atoms with Crippen LogP contribution >= 0.6 is 0 Å². The fourth-order valence-electron chi connectivity index (χ4n) is 2.51. The zero-order chi connectivity index (χ0) is 14.7. The molecular formula is C17H30N2O. The fraction of sp³-hybridized carbons (Fsp3) is 0.765. The summed E-state index contributed by atoms with van der Waals surface area (Å²) in [6.07, 6.45) is 2.64. The lowest BCUT2D eigenvalue weighted by molar-refractivity contribution is 0.188. The van der Waals surface area contributed by atoms with Gasteiger partial charge < -0.3 is 9.73 Å². The van der Waals surface area contributed by atoms with E-state index >= 15 is 0 Å². The third-order valence-corrected chi connectivity index (χ3v) is 3.92. The smallest absolute Gasteiger partial charge is 0.118 e. The summed E-state index contributed by atoms with van der Waals surface area (Å²) >= 11 is 0. The Morgan fingerprint density at radius 2 is 2.00 bits per heavy atom. The van der Waals surface area contributed by atoms with Crippen LogP contribution in [0.2, 0.25) is 0 Å². The molecule has 114 valence electrons. The highest BCUT2D eigenvalue weighted by Crippen LogP contribution is 2.22. The van der Waals surface area contributed by atoms with Crippen LogP contribution < -0.4 is 5.32 Å². The van der Waals surface area contributed by atoms with Crippen LogP contribution in [0.1, 0.15) is 57.6 Å². The topological polar surface area (TPSA) is 28.4 Å². The standard InChI is InChI=1S/C17H30N2O/c1-12(2)10-19(13(3)4)11-15-8-17(20-14(15)5)9-18-16-6-7-16/h8,12-13,16,18H,6-7,9-11H2,1-5H3. The molecule has 0 spiro atoms. The molecule has 1 heterocycles. The first kappa shape index (κ1) is 15.6. The summed E-state index contributed by atoms with van der Waals surface area (Å²) in [6.45, 7) is 14.2. The summed E-state index contributed by atoms with van der Waals surface area (Å²) in [7, 11) is 0. The van der Waals surface area contributed by atoms with Gasteiger partial charge in [-0.15, -0.1) is 0 Å². The molecule has 0 amide bonds. The number of furan rings is 1. The average Bonchev–Trinajstić information content (AvgIpc) is 3.11. The second-order valence-electron chi connectivity index (χ2n) is 6.87. The first-order valence-electron chi connectivity index (χ1n) is 8.01. The van der Waals surface area contributed by atoms with Crippen LogP contribution in [0.15, 0.2) is 10.5 Å². The lowest BCUT2D eigenvalue weighted by Crippen LogP contribution is -2.33. The molecule has 1 fully saturated rings. The van der Waals surface area contributed by atoms with Gasteiger partial charge in [0.1, 0.15) is 11.5 Å². The van der Waals surface area contributed by atoms with Crippen molar-refractivity contribution in [2.45, 2.75) is 72.6 Å². The third kappa shape index (κ3) is 4.64. The quantitative estimate of drug-likeness (QED) is 0.786. The van der Waals surface area contributed by atoms with Gasteiger partial charge >= 0.3 is 0 Å². The van der Waals surface area contributed by atoms with E-state index < -0.39 is 0 Å². The van der Waals surface area contributed by atoms with E-state index in [9.17, 15) is 0 Å². The molecule has 20 heavy (non-hydrogen) atoms. The van der Waals surface area contributed by atoms with Crippen molar-refractivity contribution in [2.75, 3.05) is 6.54 Å². The van der Waals surface area contributed by atoms with Crippen LogP contribution in [0.4, 0.5) is 0 Å². The first-order chi connectivity index (χ1) is 9.45. The van der Waals surface area contributed by atoms with E-state index in [-0.39, 0.29) is 0 Å². The van der Waals surface area contributed by atoms with E-state index in [0.717, 1.165) is 37.2 Å². The minimum Gasteiger partial charge on any atom is -0.465 e. The molecule has 3 nitrogen and oxygen atoms in total. The minimum atomic E-state index is 0.569. The zero-order valence-corrected chi connectivity index (χ0v) is 13.7. The van der Waals surface area contributed by atoms with Crippen molar-refractivity contribution in [2.24, 2.45) is 5.92 Å². The monoisotopic (exact) mass is 278 g/mol. The molecule has 3 heteroatoms. The summed E-state index contributed by atoms with van der Waals surface area (Å²) in [5.41, 5.74) is 1.34. The summed E-state index contributed by atoms with van der Waals surface area (Å²) in [4.78, 5) is 2.53. The highest BCUT2D eigenvalue weighted by atomic mass is 16.3. The number of hydrogen-bond acceptors (Lipinski definition) is 3. The van der Waals surface area contributed by atoms with Crippen LogP contribution in [-0.4, -0.2) is 23.5 Å². The Morgan fingerprint density at radius 1 is 1.30 bits per heavy atom. The van der Waals surface area contributed by atoms with Gasteiger partial charge in [-0.25, -0.2) is 0 Å². The Morgan fingerprint density at radius 3 is 2.55 bits per heavy atom. The van der Waals surface area contributed by atoms with Crippen molar-refractivity contribution in [3.8, 4) is 0 Å². The Kier molecular flexibility index (Phi) is 5.28. The lowest BCUT2D eigenvalue weighted by atomic mass is 10.1. The molecule has 1 aromatic heterocycles. The number of nitrogens with one attached hydrogen (secondary N) is 1. The molecule has 0 atom stereocenters. The van der Waals surface area contributed by atoms with Gasteiger partial charge in [0.15, 0.2) is 0 Å². The Bertz CT molecular complexity index is 419. The van der Waals surface area contributed by atoms with Crippen LogP contribution in [-0.2, 0) is 13.1 Å². The summed E-state index contributed by atoms with van der Waals surface area (Å²) in [6, 6.07) is 3.54. The molecule has 0 saturated heterocycles. The maximum Gasteiger partial charge on any atom is 0.118 e. The Hall–Kier alpha value is -0.800. The van der Waals surface area contributed by atoms with Gasteiger partial charge in [-0.05, 0) is 45.6 Å². The van der Waals surface area contributed by atoms with E-state index in [1.165, 1.54) is 18.4 Å². The van der Waals surface area contributed by atoms with Crippen LogP contribution in [0.5, 0.6) is 0 Å². The maximum atomic E-state index is 5.89. The van der Waals surface area contributed by atoms with Crippen molar-refractivity contribution < 1.29 is 4.42 Å². The fourth-order valence-corrected chi connectivity index (χ4v) is 2.51. The SMILES string of the molecule is Cc1oc(CNC2CC2)cc1CN(CC(C)C)C(C)C. The molecule has 0 bridgehead atoms. The van der Waals surface area contributed by atoms with Gasteiger partial charge in [-0.1, -0.05) is 13.8 Å². The lowest BCUT2D eigenvalue weighted by Gasteiger charge is -2.27. The molecule has 1 N–H and O–H groups in total. The summed E-state index contributed by atoms with van der Waals surface area (Å²) < 4.78 is 5.89. The van der Waals surface area contributed by atoms with Gasteiger partial charge in [-0.2, -0.15) is 0 Å². The van der Waals surface area contributed by atoms with Crippen molar-refractivity contribution in [1.29, 1.82) is 0 Å². The van der Waals surface area contributed by atoms with Crippen molar-refractivity contribution in [3.63, 3.8) is 0 Å². The Balaban J connectivity index is 1.95. The minimum absolute atomic E-state index is 0.569. The van der Waals surface area contributed by atoms with Gasteiger partial charge in [-0.3, -0.25) is 4.90 Å². The van der Waals surface area contributed by atoms with Crippen molar-refractivity contribution in [3.05, 3.63) is 23.2 Å². The highest BCUT2D eigenvalue weighted by Gasteiger charge is 2.21. The molecule has 0 unspecified atom stereocenters. The first-order valence-corrected chi connectivity index (χ1v) is 8.01. The molecule has 1 saturated carbocycles. The number of nitrogens with zero attached hydrogens (tertiary/aromatic N) is 1. The molecule has 1 aliphatic rings. The van der Waals surface area contributed by atoms with Gasteiger partial charge in [0.25, 0.3) is 0 Å².